The van der Waals surface area contributed by atoms with Crippen LogP contribution >= 0.6 is 23.4 Å². The highest BCUT2D eigenvalue weighted by Gasteiger charge is 2.35. The van der Waals surface area contributed by atoms with Crippen molar-refractivity contribution >= 4 is 51.4 Å². The number of nitrogens with zero attached hydrogens (tertiary/aromatic N) is 1. The van der Waals surface area contributed by atoms with Gasteiger partial charge >= 0.3 is 0 Å². The molecule has 0 aliphatic carbocycles. The van der Waals surface area contributed by atoms with Crippen molar-refractivity contribution in [3.8, 4) is 11.5 Å². The highest BCUT2D eigenvalue weighted by Crippen LogP contribution is 2.37. The van der Waals surface area contributed by atoms with Crippen molar-refractivity contribution in [2.75, 3.05) is 13.2 Å². The molecule has 5 nitrogen and oxygen atoms in total. The van der Waals surface area contributed by atoms with Crippen LogP contribution in [0, 0.1) is 6.92 Å². The molecule has 0 aromatic heterocycles. The van der Waals surface area contributed by atoms with Gasteiger partial charge in [0.05, 0.1) is 11.4 Å². The summed E-state index contributed by atoms with van der Waals surface area (Å²) in [5.41, 5.74) is 2.73. The van der Waals surface area contributed by atoms with E-state index in [1.54, 1.807) is 6.08 Å². The summed E-state index contributed by atoms with van der Waals surface area (Å²) >= 11 is 7.23. The molecule has 0 bridgehead atoms. The molecule has 4 aromatic carbocycles. The lowest BCUT2D eigenvalue weighted by molar-refractivity contribution is -0.123. The minimum Gasteiger partial charge on any atom is -0.492 e. The standard InChI is InChI=1S/C30H24ClNO4S/c1-20-10-13-23(14-11-20)35-17-16-32-29(33)28(37-30(32)34)18-25-24-8-4-2-6-21(24)12-15-27(25)36-19-22-7-3-5-9-26(22)31/h2-15,18H,16-17,19H2,1H3/b28-18-. The van der Waals surface area contributed by atoms with Gasteiger partial charge in [-0.3, -0.25) is 14.5 Å². The Hall–Kier alpha value is -3.74. The number of carbonyl (C=O) groups excluding carboxylic acids is 2. The molecule has 0 atom stereocenters. The molecule has 7 heteroatoms. The molecule has 1 saturated heterocycles. The summed E-state index contributed by atoms with van der Waals surface area (Å²) in [5.74, 6) is 0.963. The molecule has 1 fully saturated rings. The normalized spacial score (nSPS) is 14.5. The molecule has 1 aliphatic rings. The van der Waals surface area contributed by atoms with Crippen molar-refractivity contribution in [2.45, 2.75) is 13.5 Å². The minimum atomic E-state index is -0.340. The predicted molar refractivity (Wildman–Crippen MR) is 149 cm³/mol. The smallest absolute Gasteiger partial charge is 0.293 e. The van der Waals surface area contributed by atoms with Crippen molar-refractivity contribution in [1.82, 2.24) is 4.90 Å². The molecule has 1 heterocycles. The van der Waals surface area contributed by atoms with E-state index < -0.39 is 0 Å². The van der Waals surface area contributed by atoms with Gasteiger partial charge in [-0.25, -0.2) is 0 Å². The maximum Gasteiger partial charge on any atom is 0.293 e. The van der Waals surface area contributed by atoms with Crippen LogP contribution in [-0.4, -0.2) is 29.2 Å². The zero-order valence-electron chi connectivity index (χ0n) is 20.1. The number of hydrogen-bond acceptors (Lipinski definition) is 5. The molecule has 186 valence electrons. The van der Waals surface area contributed by atoms with E-state index in [-0.39, 0.29) is 30.9 Å². The van der Waals surface area contributed by atoms with Crippen LogP contribution in [-0.2, 0) is 11.4 Å². The summed E-state index contributed by atoms with van der Waals surface area (Å²) in [4.78, 5) is 27.4. The van der Waals surface area contributed by atoms with Gasteiger partial charge in [0.1, 0.15) is 24.7 Å². The summed E-state index contributed by atoms with van der Waals surface area (Å²) in [6.45, 7) is 2.66. The van der Waals surface area contributed by atoms with Crippen molar-refractivity contribution < 1.29 is 19.1 Å². The van der Waals surface area contributed by atoms with Crippen LogP contribution < -0.4 is 9.47 Å². The molecule has 37 heavy (non-hydrogen) atoms. The highest BCUT2D eigenvalue weighted by molar-refractivity contribution is 8.18. The summed E-state index contributed by atoms with van der Waals surface area (Å²) < 4.78 is 11.9. The molecule has 5 rings (SSSR count). The van der Waals surface area contributed by atoms with E-state index in [2.05, 4.69) is 0 Å². The lowest BCUT2D eigenvalue weighted by Crippen LogP contribution is -2.32. The summed E-state index contributed by atoms with van der Waals surface area (Å²) in [5, 5.41) is 2.24. The molecule has 0 unspecified atom stereocenters. The van der Waals surface area contributed by atoms with Crippen LogP contribution in [0.25, 0.3) is 16.8 Å². The van der Waals surface area contributed by atoms with Gasteiger partial charge in [-0.2, -0.15) is 0 Å². The first-order chi connectivity index (χ1) is 18.0. The lowest BCUT2D eigenvalue weighted by Gasteiger charge is -2.14. The van der Waals surface area contributed by atoms with E-state index in [0.29, 0.717) is 21.4 Å². The first-order valence-electron chi connectivity index (χ1n) is 11.8. The molecule has 0 saturated carbocycles. The topological polar surface area (TPSA) is 55.8 Å². The predicted octanol–water partition coefficient (Wildman–Crippen LogP) is 7.50. The molecule has 2 amide bonds. The lowest BCUT2D eigenvalue weighted by atomic mass is 10.0. The number of fused-ring (bicyclic) bond motifs is 1. The van der Waals surface area contributed by atoms with Gasteiger partial charge < -0.3 is 9.47 Å². The Labute approximate surface area is 224 Å². The van der Waals surface area contributed by atoms with Gasteiger partial charge in [-0.15, -0.1) is 0 Å². The van der Waals surface area contributed by atoms with Crippen molar-refractivity contribution in [1.29, 1.82) is 0 Å². The zero-order valence-corrected chi connectivity index (χ0v) is 21.7. The Balaban J connectivity index is 1.38. The molecule has 0 radical (unpaired) electrons. The van der Waals surface area contributed by atoms with Gasteiger partial charge in [-0.1, -0.05) is 77.8 Å². The number of amides is 2. The number of thioether (sulfide) groups is 1. The Morgan fingerprint density at radius 1 is 0.892 bits per heavy atom. The second-order valence-corrected chi connectivity index (χ2v) is 9.97. The molecule has 0 spiro atoms. The van der Waals surface area contributed by atoms with Crippen molar-refractivity contribution in [3.05, 3.63) is 112 Å². The van der Waals surface area contributed by atoms with E-state index in [1.807, 2.05) is 91.9 Å². The fourth-order valence-corrected chi connectivity index (χ4v) is 5.07. The van der Waals surface area contributed by atoms with Gasteiger partial charge in [0.25, 0.3) is 11.1 Å². The second-order valence-electron chi connectivity index (χ2n) is 8.57. The van der Waals surface area contributed by atoms with Gasteiger partial charge in [0.2, 0.25) is 0 Å². The zero-order chi connectivity index (χ0) is 25.8. The van der Waals surface area contributed by atoms with E-state index in [0.717, 1.165) is 39.2 Å². The molecular weight excluding hydrogens is 506 g/mol. The van der Waals surface area contributed by atoms with Crippen molar-refractivity contribution in [2.24, 2.45) is 0 Å². The number of rotatable bonds is 8. The number of benzene rings is 4. The largest absolute Gasteiger partial charge is 0.492 e. The fourth-order valence-electron chi connectivity index (χ4n) is 4.03. The van der Waals surface area contributed by atoms with Gasteiger partial charge in [0.15, 0.2) is 0 Å². The number of carbonyl (C=O) groups is 2. The van der Waals surface area contributed by atoms with E-state index in [4.69, 9.17) is 21.1 Å². The molecule has 4 aromatic rings. The summed E-state index contributed by atoms with van der Waals surface area (Å²) in [7, 11) is 0. The number of ether oxygens (including phenoxy) is 2. The van der Waals surface area contributed by atoms with Gasteiger partial charge in [-0.05, 0) is 59.8 Å². The third-order valence-electron chi connectivity index (χ3n) is 6.03. The average molecular weight is 530 g/mol. The van der Waals surface area contributed by atoms with Crippen LogP contribution in [0.2, 0.25) is 5.02 Å². The fraction of sp³-hybridized carbons (Fsp3) is 0.133. The summed E-state index contributed by atoms with van der Waals surface area (Å²) in [6, 6.07) is 26.9. The Kier molecular flexibility index (Phi) is 7.49. The molecule has 0 N–H and O–H groups in total. The Morgan fingerprint density at radius 3 is 2.46 bits per heavy atom. The summed E-state index contributed by atoms with van der Waals surface area (Å²) in [6.07, 6.45) is 1.75. The highest BCUT2D eigenvalue weighted by atomic mass is 35.5. The van der Waals surface area contributed by atoms with Crippen LogP contribution in [0.15, 0.2) is 89.8 Å². The number of aryl methyl sites for hydroxylation is 1. The third kappa shape index (κ3) is 5.66. The Morgan fingerprint density at radius 2 is 1.65 bits per heavy atom. The molecular formula is C30H24ClNO4S. The number of hydrogen-bond donors (Lipinski definition) is 0. The first kappa shape index (κ1) is 24.9. The van der Waals surface area contributed by atoms with Crippen LogP contribution in [0.1, 0.15) is 16.7 Å². The monoisotopic (exact) mass is 529 g/mol. The maximum absolute atomic E-state index is 13.2. The SMILES string of the molecule is Cc1ccc(OCCN2C(=O)S/C(=C\c3c(OCc4ccccc4Cl)ccc4ccccc34)C2=O)cc1. The van der Waals surface area contributed by atoms with Crippen LogP contribution in [0.4, 0.5) is 4.79 Å². The van der Waals surface area contributed by atoms with E-state index >= 15 is 0 Å². The quantitative estimate of drug-likeness (QED) is 0.221. The number of halogens is 1. The maximum atomic E-state index is 13.2. The van der Waals surface area contributed by atoms with Crippen LogP contribution in [0.3, 0.4) is 0 Å². The van der Waals surface area contributed by atoms with E-state index in [9.17, 15) is 9.59 Å². The van der Waals surface area contributed by atoms with E-state index in [1.165, 1.54) is 4.90 Å². The van der Waals surface area contributed by atoms with Crippen molar-refractivity contribution in [3.63, 3.8) is 0 Å². The third-order valence-corrected chi connectivity index (χ3v) is 7.30. The minimum absolute atomic E-state index is 0.168. The van der Waals surface area contributed by atoms with Gasteiger partial charge in [0, 0.05) is 16.1 Å². The Bertz CT molecular complexity index is 1500. The molecule has 1 aliphatic heterocycles. The average Bonchev–Trinajstić information content (AvgIpc) is 3.17. The van der Waals surface area contributed by atoms with Crippen LogP contribution in [0.5, 0.6) is 11.5 Å². The second kappa shape index (κ2) is 11.1. The first-order valence-corrected chi connectivity index (χ1v) is 13.0. The number of imide groups is 1.